The van der Waals surface area contributed by atoms with Crippen LogP contribution in [-0.2, 0) is 4.79 Å². The maximum absolute atomic E-state index is 9.87. The molecule has 4 N–H and O–H groups in total. The zero-order valence-corrected chi connectivity index (χ0v) is 9.50. The van der Waals surface area contributed by atoms with E-state index < -0.39 is 24.4 Å². The maximum atomic E-state index is 9.87. The molecule has 15 heavy (non-hydrogen) atoms. The molecule has 0 aromatic rings. The van der Waals surface area contributed by atoms with Crippen LogP contribution in [0.25, 0.3) is 0 Å². The number of hydrogen-bond acceptors (Lipinski definition) is 5. The Morgan fingerprint density at radius 2 is 1.40 bits per heavy atom. The van der Waals surface area contributed by atoms with Gasteiger partial charge in [0.15, 0.2) is 6.29 Å². The predicted octanol–water partition coefficient (Wildman–Crippen LogP) is -0.545. The van der Waals surface area contributed by atoms with Gasteiger partial charge in [0.2, 0.25) is 0 Å². The van der Waals surface area contributed by atoms with Gasteiger partial charge in [0, 0.05) is 0 Å². The number of carbonyl (C=O) groups excluding carboxylic acids is 1. The van der Waals surface area contributed by atoms with E-state index in [4.69, 9.17) is 20.4 Å². The van der Waals surface area contributed by atoms with Crippen LogP contribution in [0.15, 0.2) is 0 Å². The average molecular weight is 222 g/mol. The van der Waals surface area contributed by atoms with Gasteiger partial charge in [0.25, 0.3) is 0 Å². The largest absolute Gasteiger partial charge is 0.391 e. The maximum Gasteiger partial charge on any atom is 0.151 e. The first-order valence-corrected chi connectivity index (χ1v) is 5.09. The van der Waals surface area contributed by atoms with Crippen LogP contribution in [0.5, 0.6) is 0 Å². The Morgan fingerprint density at radius 3 is 1.60 bits per heavy atom. The van der Waals surface area contributed by atoms with Gasteiger partial charge in [-0.1, -0.05) is 26.7 Å². The molecule has 4 atom stereocenters. The van der Waals surface area contributed by atoms with Gasteiger partial charge in [-0.05, 0) is 6.92 Å². The summed E-state index contributed by atoms with van der Waals surface area (Å²) in [4.78, 5) is 9.87. The Bertz CT molecular complexity index is 147. The van der Waals surface area contributed by atoms with Crippen LogP contribution in [-0.4, -0.2) is 51.1 Å². The number of aliphatic hydroxyl groups is 4. The molecule has 0 aliphatic carbocycles. The molecular formula is C10H22O5. The van der Waals surface area contributed by atoms with Crippen molar-refractivity contribution in [2.75, 3.05) is 0 Å². The Balaban J connectivity index is 0. The minimum absolute atomic E-state index is 0.0935. The topological polar surface area (TPSA) is 98.0 Å². The fourth-order valence-electron chi connectivity index (χ4n) is 0.568. The summed E-state index contributed by atoms with van der Waals surface area (Å²) in [6.45, 7) is 5.60. The summed E-state index contributed by atoms with van der Waals surface area (Å²) >= 11 is 0. The molecule has 0 saturated heterocycles. The van der Waals surface area contributed by atoms with Crippen molar-refractivity contribution < 1.29 is 25.2 Å². The van der Waals surface area contributed by atoms with Crippen LogP contribution in [0.3, 0.4) is 0 Å². The molecule has 0 unspecified atom stereocenters. The molecule has 0 saturated carbocycles. The summed E-state index contributed by atoms with van der Waals surface area (Å²) in [5, 5.41) is 35.1. The van der Waals surface area contributed by atoms with E-state index in [1.54, 1.807) is 0 Å². The fraction of sp³-hybridized carbons (Fsp3) is 0.900. The second kappa shape index (κ2) is 10.0. The highest BCUT2D eigenvalue weighted by molar-refractivity contribution is 5.56. The molecule has 0 heterocycles. The standard InChI is InChI=1S/C6H12O5.C4H10/c1-3(8)5(10)6(11)4(9)2-7;1-3-4-2/h2-6,8-11H,1H3;3-4H2,1-2H3/t3-,4-,5-,6-;/m0./s1. The molecule has 0 aromatic carbocycles. The van der Waals surface area contributed by atoms with Crippen LogP contribution in [0, 0.1) is 0 Å². The molecule has 0 amide bonds. The van der Waals surface area contributed by atoms with E-state index >= 15 is 0 Å². The van der Waals surface area contributed by atoms with Crippen LogP contribution >= 0.6 is 0 Å². The Hall–Kier alpha value is -0.490. The molecule has 5 nitrogen and oxygen atoms in total. The first-order valence-electron chi connectivity index (χ1n) is 5.09. The molecule has 0 bridgehead atoms. The molecule has 0 radical (unpaired) electrons. The third-order valence-electron chi connectivity index (χ3n) is 1.83. The summed E-state index contributed by atoms with van der Waals surface area (Å²) in [5.41, 5.74) is 0. The lowest BCUT2D eigenvalue weighted by Gasteiger charge is -2.21. The molecule has 0 aliphatic rings. The van der Waals surface area contributed by atoms with Crippen LogP contribution in [0.4, 0.5) is 0 Å². The van der Waals surface area contributed by atoms with E-state index in [1.165, 1.54) is 19.8 Å². The molecule has 92 valence electrons. The number of aliphatic hydroxyl groups excluding tert-OH is 4. The van der Waals surface area contributed by atoms with E-state index in [9.17, 15) is 4.79 Å². The molecule has 0 spiro atoms. The van der Waals surface area contributed by atoms with Crippen molar-refractivity contribution in [3.8, 4) is 0 Å². The van der Waals surface area contributed by atoms with E-state index in [0.717, 1.165) is 0 Å². The molecule has 0 fully saturated rings. The highest BCUT2D eigenvalue weighted by atomic mass is 16.4. The predicted molar refractivity (Wildman–Crippen MR) is 56.3 cm³/mol. The molecule has 0 aliphatic heterocycles. The quantitative estimate of drug-likeness (QED) is 0.468. The first kappa shape index (κ1) is 16.9. The third-order valence-corrected chi connectivity index (χ3v) is 1.83. The summed E-state index contributed by atoms with van der Waals surface area (Å²) in [6.07, 6.45) is -3.24. The minimum Gasteiger partial charge on any atom is -0.391 e. The van der Waals surface area contributed by atoms with Gasteiger partial charge in [0.1, 0.15) is 18.3 Å². The van der Waals surface area contributed by atoms with Crippen molar-refractivity contribution in [3.63, 3.8) is 0 Å². The highest BCUT2D eigenvalue weighted by Crippen LogP contribution is 2.02. The summed E-state index contributed by atoms with van der Waals surface area (Å²) in [7, 11) is 0. The van der Waals surface area contributed by atoms with Gasteiger partial charge in [-0.2, -0.15) is 0 Å². The van der Waals surface area contributed by atoms with Crippen molar-refractivity contribution >= 4 is 6.29 Å². The van der Waals surface area contributed by atoms with E-state index in [-0.39, 0.29) is 6.29 Å². The number of carbonyl (C=O) groups is 1. The van der Waals surface area contributed by atoms with Crippen LogP contribution in [0.2, 0.25) is 0 Å². The van der Waals surface area contributed by atoms with Gasteiger partial charge >= 0.3 is 0 Å². The second-order valence-corrected chi connectivity index (χ2v) is 3.35. The third kappa shape index (κ3) is 8.50. The van der Waals surface area contributed by atoms with Crippen LogP contribution in [0.1, 0.15) is 33.6 Å². The molecular weight excluding hydrogens is 200 g/mol. The highest BCUT2D eigenvalue weighted by Gasteiger charge is 2.27. The fourth-order valence-corrected chi connectivity index (χ4v) is 0.568. The number of unbranched alkanes of at least 4 members (excludes halogenated alkanes) is 1. The van der Waals surface area contributed by atoms with Gasteiger partial charge in [-0.25, -0.2) is 0 Å². The number of hydrogen-bond donors (Lipinski definition) is 4. The second-order valence-electron chi connectivity index (χ2n) is 3.35. The lowest BCUT2D eigenvalue weighted by atomic mass is 10.1. The molecule has 0 aromatic heterocycles. The average Bonchev–Trinajstić information content (AvgIpc) is 2.25. The van der Waals surface area contributed by atoms with Crippen molar-refractivity contribution in [2.45, 2.75) is 58.0 Å². The Kier molecular flexibility index (Phi) is 11.3. The van der Waals surface area contributed by atoms with Crippen molar-refractivity contribution in [2.24, 2.45) is 0 Å². The Morgan fingerprint density at radius 1 is 1.00 bits per heavy atom. The SMILES string of the molecule is CCCC.C[C@H](O)[C@H](O)[C@@H](O)[C@@H](O)C=O. The lowest BCUT2D eigenvalue weighted by Crippen LogP contribution is -2.43. The zero-order valence-electron chi connectivity index (χ0n) is 9.50. The molecule has 5 heteroatoms. The van der Waals surface area contributed by atoms with Gasteiger partial charge in [0.05, 0.1) is 6.10 Å². The molecule has 0 rings (SSSR count). The van der Waals surface area contributed by atoms with Gasteiger partial charge < -0.3 is 25.2 Å². The monoisotopic (exact) mass is 222 g/mol. The first-order chi connectivity index (χ1) is 6.92. The zero-order chi connectivity index (χ0) is 12.4. The van der Waals surface area contributed by atoms with Gasteiger partial charge in [-0.15, -0.1) is 0 Å². The van der Waals surface area contributed by atoms with Crippen molar-refractivity contribution in [3.05, 3.63) is 0 Å². The smallest absolute Gasteiger partial charge is 0.151 e. The van der Waals surface area contributed by atoms with E-state index in [0.29, 0.717) is 0 Å². The van der Waals surface area contributed by atoms with Gasteiger partial charge in [-0.3, -0.25) is 0 Å². The Labute approximate surface area is 90.4 Å². The van der Waals surface area contributed by atoms with E-state index in [1.807, 2.05) is 0 Å². The van der Waals surface area contributed by atoms with E-state index in [2.05, 4.69) is 13.8 Å². The van der Waals surface area contributed by atoms with Crippen molar-refractivity contribution in [1.29, 1.82) is 0 Å². The summed E-state index contributed by atoms with van der Waals surface area (Å²) in [5.74, 6) is 0. The number of rotatable bonds is 5. The van der Waals surface area contributed by atoms with Crippen LogP contribution < -0.4 is 0 Å². The lowest BCUT2D eigenvalue weighted by molar-refractivity contribution is -0.132. The normalized spacial score (nSPS) is 18.1. The number of aldehydes is 1. The summed E-state index contributed by atoms with van der Waals surface area (Å²) < 4.78 is 0. The van der Waals surface area contributed by atoms with Crippen molar-refractivity contribution in [1.82, 2.24) is 0 Å². The minimum atomic E-state index is -1.65. The summed E-state index contributed by atoms with van der Waals surface area (Å²) in [6, 6.07) is 0.